The highest BCUT2D eigenvalue weighted by Crippen LogP contribution is 2.26. The number of nitrogens with one attached hydrogen (secondary N) is 2. The van der Waals surface area contributed by atoms with Gasteiger partial charge in [-0.2, -0.15) is 0 Å². The quantitative estimate of drug-likeness (QED) is 0.324. The van der Waals surface area contributed by atoms with Gasteiger partial charge in [0.1, 0.15) is 12.4 Å². The topological polar surface area (TPSA) is 79.9 Å². The number of urea groups is 1. The molecule has 1 rings (SSSR count). The lowest BCUT2D eigenvalue weighted by molar-refractivity contribution is -0.134. The number of methoxy groups -OCH3 is 1. The number of ether oxygens (including phenoxy) is 2. The molecule has 0 aliphatic heterocycles. The highest BCUT2D eigenvalue weighted by molar-refractivity contribution is 5.92. The number of rotatable bonds is 12. The highest BCUT2D eigenvalue weighted by Gasteiger charge is 2.09. The lowest BCUT2D eigenvalue weighted by Gasteiger charge is -2.19. The fourth-order valence-corrected chi connectivity index (χ4v) is 2.48. The van der Waals surface area contributed by atoms with Crippen LogP contribution in [0.25, 0.3) is 6.08 Å². The molecule has 0 unspecified atom stereocenters. The molecule has 0 aromatic heterocycles. The summed E-state index contributed by atoms with van der Waals surface area (Å²) in [6, 6.07) is 5.11. The molecule has 0 saturated carbocycles. The lowest BCUT2D eigenvalue weighted by atomic mass is 10.1. The summed E-state index contributed by atoms with van der Waals surface area (Å²) in [7, 11) is 1.33. The van der Waals surface area contributed by atoms with E-state index in [0.717, 1.165) is 38.0 Å². The number of esters is 1. The molecule has 0 aliphatic carbocycles. The van der Waals surface area contributed by atoms with Gasteiger partial charge in [-0.05, 0) is 43.3 Å². The normalized spacial score (nSPS) is 10.9. The summed E-state index contributed by atoms with van der Waals surface area (Å²) in [5, 5.41) is 5.66. The Bertz CT molecular complexity index is 643. The van der Waals surface area contributed by atoms with Gasteiger partial charge in [-0.3, -0.25) is 0 Å². The van der Waals surface area contributed by atoms with E-state index >= 15 is 0 Å². The third-order valence-corrected chi connectivity index (χ3v) is 4.24. The number of anilines is 1. The van der Waals surface area contributed by atoms with E-state index in [4.69, 9.17) is 4.74 Å². The molecule has 1 aromatic carbocycles. The van der Waals surface area contributed by atoms with Crippen molar-refractivity contribution in [3.05, 3.63) is 29.8 Å². The van der Waals surface area contributed by atoms with Crippen LogP contribution in [-0.4, -0.2) is 56.8 Å². The van der Waals surface area contributed by atoms with Gasteiger partial charge in [0.15, 0.2) is 0 Å². The molecule has 0 heterocycles. The zero-order valence-corrected chi connectivity index (χ0v) is 17.4. The first-order chi connectivity index (χ1) is 13.5. The van der Waals surface area contributed by atoms with Crippen LogP contribution < -0.4 is 15.4 Å². The summed E-state index contributed by atoms with van der Waals surface area (Å²) >= 11 is 0. The van der Waals surface area contributed by atoms with Crippen LogP contribution >= 0.6 is 0 Å². The Hall–Kier alpha value is -2.54. The minimum absolute atomic E-state index is 0.281. The molecule has 0 radical (unpaired) electrons. The molecule has 0 aliphatic rings. The monoisotopic (exact) mass is 391 g/mol. The Balaban J connectivity index is 2.87. The Morgan fingerprint density at radius 1 is 1.18 bits per heavy atom. The molecule has 1 aromatic rings. The van der Waals surface area contributed by atoms with Crippen LogP contribution in [0.2, 0.25) is 0 Å². The molecule has 7 heteroatoms. The Kier molecular flexibility index (Phi) is 11.4. The Morgan fingerprint density at radius 3 is 2.57 bits per heavy atom. The molecule has 7 nitrogen and oxygen atoms in total. The minimum atomic E-state index is -0.439. The summed E-state index contributed by atoms with van der Waals surface area (Å²) < 4.78 is 10.5. The number of carbonyl (C=O) groups excluding carboxylic acids is 2. The highest BCUT2D eigenvalue weighted by atomic mass is 16.5. The molecular weight excluding hydrogens is 358 g/mol. The first-order valence-electron chi connectivity index (χ1n) is 9.84. The van der Waals surface area contributed by atoms with E-state index in [9.17, 15) is 9.59 Å². The predicted molar refractivity (Wildman–Crippen MR) is 113 cm³/mol. The third-order valence-electron chi connectivity index (χ3n) is 4.24. The fraction of sp³-hybridized carbons (Fsp3) is 0.524. The van der Waals surface area contributed by atoms with E-state index in [0.29, 0.717) is 24.6 Å². The fourth-order valence-electron chi connectivity index (χ4n) is 2.48. The van der Waals surface area contributed by atoms with Gasteiger partial charge in [-0.25, -0.2) is 9.59 Å². The van der Waals surface area contributed by atoms with Crippen molar-refractivity contribution in [3.8, 4) is 5.75 Å². The van der Waals surface area contributed by atoms with E-state index in [1.807, 2.05) is 6.07 Å². The largest absolute Gasteiger partial charge is 0.490 e. The van der Waals surface area contributed by atoms with Gasteiger partial charge in [-0.15, -0.1) is 0 Å². The van der Waals surface area contributed by atoms with Crippen molar-refractivity contribution >= 4 is 23.8 Å². The number of hydrogen-bond acceptors (Lipinski definition) is 5. The molecule has 0 bridgehead atoms. The van der Waals surface area contributed by atoms with E-state index in [2.05, 4.69) is 41.0 Å². The van der Waals surface area contributed by atoms with Gasteiger partial charge in [0.2, 0.25) is 0 Å². The standard InChI is InChI=1S/C21H33N3O4/c1-5-8-13-22-21(26)23-18-16-17(10-12-20(25)27-4)9-11-19(18)28-15-14-24(6-2)7-3/h9-12,16H,5-8,13-15H2,1-4H3,(H2,22,23,26)/b12-10+. The van der Waals surface area contributed by atoms with Crippen molar-refractivity contribution in [1.82, 2.24) is 10.2 Å². The third kappa shape index (κ3) is 8.90. The van der Waals surface area contributed by atoms with Gasteiger partial charge >= 0.3 is 12.0 Å². The summed E-state index contributed by atoms with van der Waals surface area (Å²) in [5.74, 6) is 0.152. The molecule has 156 valence electrons. The number of amides is 2. The molecule has 0 fully saturated rings. The summed E-state index contributed by atoms with van der Waals surface area (Å²) in [6.45, 7) is 10.1. The van der Waals surface area contributed by atoms with Crippen molar-refractivity contribution in [3.63, 3.8) is 0 Å². The second-order valence-electron chi connectivity index (χ2n) is 6.22. The predicted octanol–water partition coefficient (Wildman–Crippen LogP) is 3.52. The Labute approximate surface area is 168 Å². The van der Waals surface area contributed by atoms with E-state index in [-0.39, 0.29) is 6.03 Å². The van der Waals surface area contributed by atoms with Crippen molar-refractivity contribution in [2.45, 2.75) is 33.6 Å². The number of benzene rings is 1. The first-order valence-corrected chi connectivity index (χ1v) is 9.84. The summed E-state index contributed by atoms with van der Waals surface area (Å²) in [5.41, 5.74) is 1.31. The van der Waals surface area contributed by atoms with Gasteiger partial charge in [-0.1, -0.05) is 33.3 Å². The second-order valence-corrected chi connectivity index (χ2v) is 6.22. The van der Waals surface area contributed by atoms with Crippen molar-refractivity contribution < 1.29 is 19.1 Å². The van der Waals surface area contributed by atoms with Crippen LogP contribution in [0.15, 0.2) is 24.3 Å². The van der Waals surface area contributed by atoms with Gasteiger partial charge in [0.25, 0.3) is 0 Å². The van der Waals surface area contributed by atoms with E-state index in [1.54, 1.807) is 18.2 Å². The second kappa shape index (κ2) is 13.6. The van der Waals surface area contributed by atoms with E-state index < -0.39 is 5.97 Å². The zero-order chi connectivity index (χ0) is 20.8. The molecule has 0 spiro atoms. The maximum atomic E-state index is 12.2. The molecule has 28 heavy (non-hydrogen) atoms. The SMILES string of the molecule is CCCCNC(=O)Nc1cc(/C=C/C(=O)OC)ccc1OCCN(CC)CC. The number of carbonyl (C=O) groups is 2. The van der Waals surface area contributed by atoms with Crippen LogP contribution in [0.5, 0.6) is 5.75 Å². The summed E-state index contributed by atoms with van der Waals surface area (Å²) in [4.78, 5) is 25.7. The summed E-state index contributed by atoms with van der Waals surface area (Å²) in [6.07, 6.45) is 4.89. The molecule has 2 amide bonds. The minimum Gasteiger partial charge on any atom is -0.490 e. The molecule has 0 atom stereocenters. The number of nitrogens with zero attached hydrogens (tertiary/aromatic N) is 1. The lowest BCUT2D eigenvalue weighted by Crippen LogP contribution is -2.30. The molecule has 0 saturated heterocycles. The average molecular weight is 392 g/mol. The number of hydrogen-bond donors (Lipinski definition) is 2. The van der Waals surface area contributed by atoms with Crippen LogP contribution in [0.1, 0.15) is 39.2 Å². The van der Waals surface area contributed by atoms with Crippen LogP contribution in [0.3, 0.4) is 0 Å². The van der Waals surface area contributed by atoms with E-state index in [1.165, 1.54) is 13.2 Å². The number of unbranched alkanes of at least 4 members (excludes halogenated alkanes) is 1. The van der Waals surface area contributed by atoms with Gasteiger partial charge < -0.3 is 25.0 Å². The maximum absolute atomic E-state index is 12.2. The van der Waals surface area contributed by atoms with Crippen molar-refractivity contribution in [1.29, 1.82) is 0 Å². The van der Waals surface area contributed by atoms with Crippen LogP contribution in [0.4, 0.5) is 10.5 Å². The smallest absolute Gasteiger partial charge is 0.330 e. The van der Waals surface area contributed by atoms with Crippen molar-refractivity contribution in [2.24, 2.45) is 0 Å². The van der Waals surface area contributed by atoms with Gasteiger partial charge in [0.05, 0.1) is 12.8 Å². The zero-order valence-electron chi connectivity index (χ0n) is 17.4. The molecule has 2 N–H and O–H groups in total. The van der Waals surface area contributed by atoms with Gasteiger partial charge in [0, 0.05) is 19.2 Å². The average Bonchev–Trinajstić information content (AvgIpc) is 2.70. The maximum Gasteiger partial charge on any atom is 0.330 e. The van der Waals surface area contributed by atoms with Crippen LogP contribution in [-0.2, 0) is 9.53 Å². The first kappa shape index (κ1) is 23.5. The van der Waals surface area contributed by atoms with Crippen LogP contribution in [0, 0.1) is 0 Å². The number of likely N-dealkylation sites (N-methyl/N-ethyl adjacent to an activating group) is 1. The molecular formula is C21H33N3O4. The Morgan fingerprint density at radius 2 is 1.93 bits per heavy atom. The van der Waals surface area contributed by atoms with Crippen molar-refractivity contribution in [2.75, 3.05) is 45.2 Å².